The summed E-state index contributed by atoms with van der Waals surface area (Å²) in [6.45, 7) is 15.0. The molecule has 0 radical (unpaired) electrons. The van der Waals surface area contributed by atoms with Crippen LogP contribution in [0.4, 0.5) is 0 Å². The van der Waals surface area contributed by atoms with E-state index in [-0.39, 0.29) is 5.54 Å². The monoisotopic (exact) mass is 198 g/mol. The molecule has 0 saturated carbocycles. The van der Waals surface area contributed by atoms with Gasteiger partial charge in [0.05, 0.1) is 0 Å². The largest absolute Gasteiger partial charge is 0.254 e. The zero-order valence-corrected chi connectivity index (χ0v) is 10.6. The van der Waals surface area contributed by atoms with E-state index in [1.807, 2.05) is 0 Å². The smallest absolute Gasteiger partial charge is 0.0298 e. The minimum atomic E-state index is 0.221. The number of nitrogens with zero attached hydrogens (tertiary/aromatic N) is 1. The van der Waals surface area contributed by atoms with E-state index in [0.29, 0.717) is 11.5 Å². The highest BCUT2D eigenvalue weighted by atomic mass is 15.6. The molecule has 2 heteroatoms. The first-order valence-corrected chi connectivity index (χ1v) is 5.76. The van der Waals surface area contributed by atoms with Gasteiger partial charge in [-0.2, -0.15) is 0 Å². The lowest BCUT2D eigenvalue weighted by atomic mass is 9.81. The van der Waals surface area contributed by atoms with Gasteiger partial charge < -0.3 is 0 Å². The van der Waals surface area contributed by atoms with Gasteiger partial charge in [-0.05, 0) is 39.0 Å². The average molecular weight is 198 g/mol. The second-order valence-corrected chi connectivity index (χ2v) is 6.47. The zero-order chi connectivity index (χ0) is 11.0. The molecule has 1 N–H and O–H groups in total. The van der Waals surface area contributed by atoms with Crippen LogP contribution in [0.15, 0.2) is 0 Å². The van der Waals surface area contributed by atoms with Gasteiger partial charge in [-0.25, -0.2) is 5.01 Å². The third-order valence-corrected chi connectivity index (χ3v) is 2.97. The van der Waals surface area contributed by atoms with Crippen LogP contribution in [0, 0.1) is 5.41 Å². The molecule has 0 spiro atoms. The summed E-state index contributed by atoms with van der Waals surface area (Å²) >= 11 is 0. The zero-order valence-electron chi connectivity index (χ0n) is 10.6. The van der Waals surface area contributed by atoms with Gasteiger partial charge in [0.15, 0.2) is 0 Å². The molecular weight excluding hydrogens is 172 g/mol. The third-order valence-electron chi connectivity index (χ3n) is 2.97. The van der Waals surface area contributed by atoms with Crippen molar-refractivity contribution in [2.45, 2.75) is 66.0 Å². The molecule has 0 aliphatic carbocycles. The van der Waals surface area contributed by atoms with Crippen LogP contribution in [0.1, 0.15) is 54.4 Å². The second-order valence-electron chi connectivity index (χ2n) is 6.47. The Morgan fingerprint density at radius 3 is 2.00 bits per heavy atom. The summed E-state index contributed by atoms with van der Waals surface area (Å²) in [7, 11) is 0. The van der Waals surface area contributed by atoms with Gasteiger partial charge in [0.2, 0.25) is 0 Å². The fourth-order valence-corrected chi connectivity index (χ4v) is 2.26. The molecular formula is C12H26N2. The molecule has 0 aromatic rings. The molecule has 1 fully saturated rings. The molecule has 0 amide bonds. The molecule has 0 aromatic heterocycles. The van der Waals surface area contributed by atoms with Gasteiger partial charge in [0, 0.05) is 18.1 Å². The lowest BCUT2D eigenvalue weighted by molar-refractivity contribution is -0.0482. The Labute approximate surface area is 89.0 Å². The van der Waals surface area contributed by atoms with Gasteiger partial charge >= 0.3 is 0 Å². The number of nitrogens with one attached hydrogen (secondary N) is 1. The van der Waals surface area contributed by atoms with E-state index >= 15 is 0 Å². The van der Waals surface area contributed by atoms with Crippen molar-refractivity contribution in [3.8, 4) is 0 Å². The van der Waals surface area contributed by atoms with E-state index in [1.54, 1.807) is 0 Å². The van der Waals surface area contributed by atoms with Crippen LogP contribution < -0.4 is 5.43 Å². The Hall–Kier alpha value is -0.0800. The molecule has 1 aliphatic rings. The molecule has 1 unspecified atom stereocenters. The second kappa shape index (κ2) is 3.82. The normalized spacial score (nSPS) is 26.6. The minimum absolute atomic E-state index is 0.221. The lowest BCUT2D eigenvalue weighted by Crippen LogP contribution is -2.62. The molecule has 1 saturated heterocycles. The van der Waals surface area contributed by atoms with Crippen LogP contribution >= 0.6 is 0 Å². The highest BCUT2D eigenvalue weighted by Gasteiger charge is 2.37. The van der Waals surface area contributed by atoms with E-state index < -0.39 is 0 Å². The van der Waals surface area contributed by atoms with Gasteiger partial charge in [0.1, 0.15) is 0 Å². The van der Waals surface area contributed by atoms with Crippen molar-refractivity contribution in [1.82, 2.24) is 10.4 Å². The van der Waals surface area contributed by atoms with E-state index in [0.717, 1.165) is 6.54 Å². The van der Waals surface area contributed by atoms with Crippen molar-refractivity contribution in [1.29, 1.82) is 0 Å². The van der Waals surface area contributed by atoms with Crippen molar-refractivity contribution in [3.63, 3.8) is 0 Å². The molecule has 1 atom stereocenters. The summed E-state index contributed by atoms with van der Waals surface area (Å²) in [5, 5.41) is 2.45. The average Bonchev–Trinajstić information content (AvgIpc) is 2.01. The summed E-state index contributed by atoms with van der Waals surface area (Å²) in [5.41, 5.74) is 4.13. The Morgan fingerprint density at radius 2 is 1.64 bits per heavy atom. The van der Waals surface area contributed by atoms with Gasteiger partial charge in [-0.1, -0.05) is 20.8 Å². The first-order valence-electron chi connectivity index (χ1n) is 5.76. The van der Waals surface area contributed by atoms with Crippen LogP contribution in [-0.2, 0) is 0 Å². The summed E-state index contributed by atoms with van der Waals surface area (Å²) in [5.74, 6) is 0. The maximum absolute atomic E-state index is 3.55. The van der Waals surface area contributed by atoms with Gasteiger partial charge in [0.25, 0.3) is 0 Å². The number of hydrazine groups is 1. The molecule has 2 nitrogen and oxygen atoms in total. The Bertz CT molecular complexity index is 163. The maximum atomic E-state index is 3.55. The predicted octanol–water partition coefficient (Wildman–Crippen LogP) is 2.80. The van der Waals surface area contributed by atoms with Crippen LogP contribution in [0.25, 0.3) is 0 Å². The number of rotatable bonds is 0. The van der Waals surface area contributed by atoms with E-state index in [2.05, 4.69) is 52.0 Å². The van der Waals surface area contributed by atoms with Crippen LogP contribution in [0.2, 0.25) is 0 Å². The fourth-order valence-electron chi connectivity index (χ4n) is 2.26. The summed E-state index contributed by atoms with van der Waals surface area (Å²) < 4.78 is 0. The Kier molecular flexibility index (Phi) is 3.27. The van der Waals surface area contributed by atoms with Crippen molar-refractivity contribution in [3.05, 3.63) is 0 Å². The standard InChI is InChI=1S/C12H26N2/c1-11(2,3)10-8-7-9-13-14(10)12(4,5)6/h10,13H,7-9H2,1-6H3. The topological polar surface area (TPSA) is 15.3 Å². The first-order chi connectivity index (χ1) is 6.23. The quantitative estimate of drug-likeness (QED) is 0.644. The molecule has 84 valence electrons. The molecule has 1 aliphatic heterocycles. The third kappa shape index (κ3) is 2.71. The van der Waals surface area contributed by atoms with E-state index in [9.17, 15) is 0 Å². The summed E-state index contributed by atoms with van der Waals surface area (Å²) in [6, 6.07) is 0.649. The van der Waals surface area contributed by atoms with Gasteiger partial charge in [-0.15, -0.1) is 0 Å². The van der Waals surface area contributed by atoms with Crippen LogP contribution in [0.3, 0.4) is 0 Å². The number of hydrogen-bond donors (Lipinski definition) is 1. The predicted molar refractivity (Wildman–Crippen MR) is 62.1 cm³/mol. The summed E-state index contributed by atoms with van der Waals surface area (Å²) in [6.07, 6.45) is 2.61. The van der Waals surface area contributed by atoms with Crippen molar-refractivity contribution in [2.75, 3.05) is 6.54 Å². The van der Waals surface area contributed by atoms with E-state index in [1.165, 1.54) is 12.8 Å². The number of hydrogen-bond acceptors (Lipinski definition) is 2. The highest BCUT2D eigenvalue weighted by Crippen LogP contribution is 2.32. The molecule has 14 heavy (non-hydrogen) atoms. The molecule has 1 heterocycles. The van der Waals surface area contributed by atoms with Crippen molar-refractivity contribution >= 4 is 0 Å². The van der Waals surface area contributed by atoms with Crippen LogP contribution in [0.5, 0.6) is 0 Å². The Morgan fingerprint density at radius 1 is 1.07 bits per heavy atom. The van der Waals surface area contributed by atoms with Crippen molar-refractivity contribution in [2.24, 2.45) is 5.41 Å². The fraction of sp³-hybridized carbons (Fsp3) is 1.00. The molecule has 0 aromatic carbocycles. The molecule has 1 rings (SSSR count). The SMILES string of the molecule is CC(C)(C)C1CCCNN1C(C)(C)C. The lowest BCUT2D eigenvalue weighted by Gasteiger charge is -2.50. The summed E-state index contributed by atoms with van der Waals surface area (Å²) in [4.78, 5) is 0. The van der Waals surface area contributed by atoms with Crippen molar-refractivity contribution < 1.29 is 0 Å². The van der Waals surface area contributed by atoms with E-state index in [4.69, 9.17) is 0 Å². The molecule has 0 bridgehead atoms. The highest BCUT2D eigenvalue weighted by molar-refractivity contribution is 4.90. The Balaban J connectivity index is 2.80. The minimum Gasteiger partial charge on any atom is -0.254 e. The first kappa shape index (κ1) is 12.0. The van der Waals surface area contributed by atoms with Gasteiger partial charge in [-0.3, -0.25) is 5.43 Å². The van der Waals surface area contributed by atoms with Crippen LogP contribution in [-0.4, -0.2) is 23.1 Å². The maximum Gasteiger partial charge on any atom is 0.0298 e.